The quantitative estimate of drug-likeness (QED) is 0.373. The minimum atomic E-state index is -1.95. The van der Waals surface area contributed by atoms with Crippen molar-refractivity contribution in [3.8, 4) is 11.8 Å². The van der Waals surface area contributed by atoms with Crippen molar-refractivity contribution < 1.29 is 19.1 Å². The Kier molecular flexibility index (Phi) is 6.77. The third kappa shape index (κ3) is 6.23. The van der Waals surface area contributed by atoms with E-state index in [1.54, 1.807) is 13.8 Å². The first kappa shape index (κ1) is 18.2. The maximum Gasteiger partial charge on any atom is 0.384 e. The lowest BCUT2D eigenvalue weighted by atomic mass is 10.2. The Labute approximate surface area is 117 Å². The van der Waals surface area contributed by atoms with Gasteiger partial charge in [-0.05, 0) is 32.0 Å². The van der Waals surface area contributed by atoms with Gasteiger partial charge in [0.2, 0.25) is 0 Å². The Morgan fingerprint density at radius 3 is 2.32 bits per heavy atom. The molecule has 0 rings (SSSR count). The zero-order chi connectivity index (χ0) is 15.3. The summed E-state index contributed by atoms with van der Waals surface area (Å²) in [6.07, 6.45) is -1.42. The molecule has 110 valence electrons. The Morgan fingerprint density at radius 2 is 1.89 bits per heavy atom. The smallest absolute Gasteiger partial charge is 0.384 e. The average molecular weight is 286 g/mol. The monoisotopic (exact) mass is 286 g/mol. The van der Waals surface area contributed by atoms with Crippen molar-refractivity contribution in [3.63, 3.8) is 0 Å². The topological polar surface area (TPSA) is 55.8 Å². The van der Waals surface area contributed by atoms with Crippen LogP contribution in [-0.4, -0.2) is 38.2 Å². The van der Waals surface area contributed by atoms with Crippen LogP contribution >= 0.6 is 0 Å². The molecule has 0 aliphatic carbocycles. The van der Waals surface area contributed by atoms with E-state index in [9.17, 15) is 9.90 Å². The van der Waals surface area contributed by atoms with E-state index < -0.39 is 26.5 Å². The van der Waals surface area contributed by atoms with Gasteiger partial charge in [0.1, 0.15) is 6.10 Å². The van der Waals surface area contributed by atoms with E-state index in [1.807, 2.05) is 0 Å². The molecular weight excluding hydrogens is 260 g/mol. The SMILES string of the molecule is CCOC(=O)C#C[C@@H](O)[C@H](C)O[Si](C)(C)C(C)(C)C. The second kappa shape index (κ2) is 7.08. The van der Waals surface area contributed by atoms with Crippen LogP contribution in [0.5, 0.6) is 0 Å². The van der Waals surface area contributed by atoms with Gasteiger partial charge in [0.05, 0.1) is 12.7 Å². The summed E-state index contributed by atoms with van der Waals surface area (Å²) in [6, 6.07) is 0. The molecule has 0 amide bonds. The molecule has 0 aromatic carbocycles. The van der Waals surface area contributed by atoms with Crippen LogP contribution in [0.3, 0.4) is 0 Å². The number of esters is 1. The molecule has 5 heteroatoms. The van der Waals surface area contributed by atoms with Crippen molar-refractivity contribution in [1.29, 1.82) is 0 Å². The molecule has 0 aromatic heterocycles. The van der Waals surface area contributed by atoms with E-state index >= 15 is 0 Å². The lowest BCUT2D eigenvalue weighted by molar-refractivity contribution is -0.136. The molecule has 19 heavy (non-hydrogen) atoms. The van der Waals surface area contributed by atoms with Crippen LogP contribution in [0, 0.1) is 11.8 Å². The number of ether oxygens (including phenoxy) is 1. The van der Waals surface area contributed by atoms with Gasteiger partial charge in [0, 0.05) is 5.92 Å². The van der Waals surface area contributed by atoms with Crippen molar-refractivity contribution in [3.05, 3.63) is 0 Å². The number of carbonyl (C=O) groups excluding carboxylic acids is 1. The molecule has 0 unspecified atom stereocenters. The summed E-state index contributed by atoms with van der Waals surface area (Å²) < 4.78 is 10.7. The van der Waals surface area contributed by atoms with Crippen LogP contribution in [-0.2, 0) is 14.0 Å². The van der Waals surface area contributed by atoms with Gasteiger partial charge in [-0.3, -0.25) is 0 Å². The highest BCUT2D eigenvalue weighted by molar-refractivity contribution is 6.74. The first-order chi connectivity index (χ1) is 8.51. The number of carbonyl (C=O) groups is 1. The molecule has 0 aliphatic heterocycles. The van der Waals surface area contributed by atoms with Gasteiger partial charge in [-0.2, -0.15) is 0 Å². The number of aliphatic hydroxyl groups is 1. The zero-order valence-electron chi connectivity index (χ0n) is 13.0. The summed E-state index contributed by atoms with van der Waals surface area (Å²) >= 11 is 0. The highest BCUT2D eigenvalue weighted by atomic mass is 28.4. The fourth-order valence-corrected chi connectivity index (χ4v) is 2.54. The molecule has 0 spiro atoms. The van der Waals surface area contributed by atoms with E-state index in [1.165, 1.54) is 0 Å². The Morgan fingerprint density at radius 1 is 1.37 bits per heavy atom. The number of aliphatic hydroxyl groups excluding tert-OH is 1. The molecule has 4 nitrogen and oxygen atoms in total. The van der Waals surface area contributed by atoms with Crippen molar-refractivity contribution >= 4 is 14.3 Å². The standard InChI is InChI=1S/C14H26O4Si/c1-8-17-13(16)10-9-12(15)11(2)18-19(6,7)14(3,4)5/h11-12,15H,8H2,1-7H3/t11-,12+/m0/s1. The van der Waals surface area contributed by atoms with E-state index in [2.05, 4.69) is 50.4 Å². The van der Waals surface area contributed by atoms with Crippen molar-refractivity contribution in [2.45, 2.75) is 65.0 Å². The van der Waals surface area contributed by atoms with Crippen molar-refractivity contribution in [2.24, 2.45) is 0 Å². The molecule has 2 atom stereocenters. The fourth-order valence-electron chi connectivity index (χ4n) is 1.12. The van der Waals surface area contributed by atoms with Crippen LogP contribution in [0.25, 0.3) is 0 Å². The van der Waals surface area contributed by atoms with Crippen LogP contribution in [0.1, 0.15) is 34.6 Å². The molecule has 0 aliphatic rings. The second-order valence-electron chi connectivity index (χ2n) is 6.02. The van der Waals surface area contributed by atoms with E-state index in [0.29, 0.717) is 0 Å². The molecule has 0 heterocycles. The third-order valence-corrected chi connectivity index (χ3v) is 7.90. The van der Waals surface area contributed by atoms with Crippen LogP contribution in [0.2, 0.25) is 18.1 Å². The predicted molar refractivity (Wildman–Crippen MR) is 78.2 cm³/mol. The second-order valence-corrected chi connectivity index (χ2v) is 10.8. The number of hydrogen-bond donors (Lipinski definition) is 1. The lowest BCUT2D eigenvalue weighted by Crippen LogP contribution is -2.45. The van der Waals surface area contributed by atoms with Gasteiger partial charge in [-0.1, -0.05) is 26.7 Å². The van der Waals surface area contributed by atoms with Crippen molar-refractivity contribution in [2.75, 3.05) is 6.61 Å². The van der Waals surface area contributed by atoms with E-state index in [4.69, 9.17) is 4.43 Å². The number of hydrogen-bond acceptors (Lipinski definition) is 4. The van der Waals surface area contributed by atoms with E-state index in [0.717, 1.165) is 0 Å². The van der Waals surface area contributed by atoms with Crippen LogP contribution in [0.15, 0.2) is 0 Å². The predicted octanol–water partition coefficient (Wildman–Crippen LogP) is 2.32. The summed E-state index contributed by atoms with van der Waals surface area (Å²) in [5.41, 5.74) is 0. The van der Waals surface area contributed by atoms with Gasteiger partial charge in [0.15, 0.2) is 8.32 Å². The van der Waals surface area contributed by atoms with Gasteiger partial charge in [-0.25, -0.2) is 4.79 Å². The molecule has 0 radical (unpaired) electrons. The molecule has 1 N–H and O–H groups in total. The summed E-state index contributed by atoms with van der Waals surface area (Å²) in [5.74, 6) is 4.11. The Bertz CT molecular complexity index is 360. The molecular formula is C14H26O4Si. The van der Waals surface area contributed by atoms with Gasteiger partial charge >= 0.3 is 5.97 Å². The Hall–Kier alpha value is -0.833. The normalized spacial score (nSPS) is 15.2. The maximum atomic E-state index is 11.1. The minimum absolute atomic E-state index is 0.0650. The summed E-state index contributed by atoms with van der Waals surface area (Å²) in [7, 11) is -1.95. The average Bonchev–Trinajstić information content (AvgIpc) is 2.24. The lowest BCUT2D eigenvalue weighted by Gasteiger charge is -2.38. The molecule has 0 saturated heterocycles. The minimum Gasteiger partial charge on any atom is -0.456 e. The zero-order valence-corrected chi connectivity index (χ0v) is 14.0. The number of rotatable bonds is 4. The third-order valence-electron chi connectivity index (χ3n) is 3.33. The van der Waals surface area contributed by atoms with Gasteiger partial charge < -0.3 is 14.3 Å². The van der Waals surface area contributed by atoms with Crippen LogP contribution in [0.4, 0.5) is 0 Å². The Balaban J connectivity index is 4.59. The van der Waals surface area contributed by atoms with Crippen LogP contribution < -0.4 is 0 Å². The molecule has 0 bridgehead atoms. The van der Waals surface area contributed by atoms with Gasteiger partial charge in [-0.15, -0.1) is 0 Å². The molecule has 0 fully saturated rings. The molecule has 0 aromatic rings. The summed E-state index contributed by atoms with van der Waals surface area (Å²) in [6.45, 7) is 14.3. The maximum absolute atomic E-state index is 11.1. The summed E-state index contributed by atoms with van der Waals surface area (Å²) in [5, 5.41) is 9.94. The largest absolute Gasteiger partial charge is 0.456 e. The highest BCUT2D eigenvalue weighted by Crippen LogP contribution is 2.37. The fraction of sp³-hybridized carbons (Fsp3) is 0.786. The molecule has 0 saturated carbocycles. The van der Waals surface area contributed by atoms with Crippen molar-refractivity contribution in [1.82, 2.24) is 0 Å². The van der Waals surface area contributed by atoms with E-state index in [-0.39, 0.29) is 11.6 Å². The summed E-state index contributed by atoms with van der Waals surface area (Å²) in [4.78, 5) is 11.1. The van der Waals surface area contributed by atoms with Gasteiger partial charge in [0.25, 0.3) is 0 Å². The highest BCUT2D eigenvalue weighted by Gasteiger charge is 2.39. The first-order valence-electron chi connectivity index (χ1n) is 6.55. The first-order valence-corrected chi connectivity index (χ1v) is 9.46.